The first-order valence-corrected chi connectivity index (χ1v) is 6.01. The van der Waals surface area contributed by atoms with Gasteiger partial charge in [-0.3, -0.25) is 0 Å². The predicted molar refractivity (Wildman–Crippen MR) is 69.1 cm³/mol. The van der Waals surface area contributed by atoms with E-state index in [2.05, 4.69) is 17.4 Å². The summed E-state index contributed by atoms with van der Waals surface area (Å²) in [6.07, 6.45) is 3.78. The molecule has 1 N–H and O–H groups in total. The van der Waals surface area contributed by atoms with E-state index in [1.807, 2.05) is 6.07 Å². The molecule has 1 fully saturated rings. The molecular weight excluding hydrogens is 238 g/mol. The molecule has 0 saturated carbocycles. The van der Waals surface area contributed by atoms with Gasteiger partial charge in [-0.15, -0.1) is 12.4 Å². The molecule has 0 amide bonds. The Morgan fingerprint density at radius 1 is 1.24 bits per heavy atom. The summed E-state index contributed by atoms with van der Waals surface area (Å²) in [6.45, 7) is 2.69. The molecule has 3 nitrogen and oxygen atoms in total. The van der Waals surface area contributed by atoms with Gasteiger partial charge in [0.2, 0.25) is 6.79 Å². The van der Waals surface area contributed by atoms with Gasteiger partial charge in [0.05, 0.1) is 0 Å². The lowest BCUT2D eigenvalue weighted by atomic mass is 9.92. The normalized spacial score (nSPS) is 22.0. The second-order valence-corrected chi connectivity index (χ2v) is 4.60. The first kappa shape index (κ1) is 12.5. The van der Waals surface area contributed by atoms with E-state index in [9.17, 15) is 0 Å². The lowest BCUT2D eigenvalue weighted by molar-refractivity contribution is 0.174. The van der Waals surface area contributed by atoms with Gasteiger partial charge < -0.3 is 14.8 Å². The molecule has 1 saturated heterocycles. The third-order valence-electron chi connectivity index (χ3n) is 3.36. The number of hydrogen-bond donors (Lipinski definition) is 1. The fourth-order valence-electron chi connectivity index (χ4n) is 2.50. The van der Waals surface area contributed by atoms with Crippen molar-refractivity contribution in [1.82, 2.24) is 5.32 Å². The number of hydrogen-bond acceptors (Lipinski definition) is 3. The quantitative estimate of drug-likeness (QED) is 0.880. The van der Waals surface area contributed by atoms with Gasteiger partial charge in [-0.2, -0.15) is 0 Å². The molecule has 0 bridgehead atoms. The number of ether oxygens (including phenoxy) is 2. The van der Waals surface area contributed by atoms with Crippen LogP contribution in [0.5, 0.6) is 11.5 Å². The zero-order chi connectivity index (χ0) is 10.8. The van der Waals surface area contributed by atoms with Crippen molar-refractivity contribution in [2.45, 2.75) is 19.3 Å². The molecule has 0 aliphatic carbocycles. The summed E-state index contributed by atoms with van der Waals surface area (Å²) in [7, 11) is 0. The minimum Gasteiger partial charge on any atom is -0.454 e. The van der Waals surface area contributed by atoms with Crippen LogP contribution >= 0.6 is 12.4 Å². The van der Waals surface area contributed by atoms with Crippen LogP contribution < -0.4 is 14.8 Å². The van der Waals surface area contributed by atoms with E-state index in [4.69, 9.17) is 9.47 Å². The largest absolute Gasteiger partial charge is 0.454 e. The van der Waals surface area contributed by atoms with Gasteiger partial charge in [-0.1, -0.05) is 6.07 Å². The zero-order valence-corrected chi connectivity index (χ0v) is 10.6. The molecule has 2 aliphatic heterocycles. The molecule has 1 unspecified atom stereocenters. The minimum absolute atomic E-state index is 0. The Labute approximate surface area is 108 Å². The number of halogens is 1. The highest BCUT2D eigenvalue weighted by Crippen LogP contribution is 2.33. The van der Waals surface area contributed by atoms with Gasteiger partial charge in [0.25, 0.3) is 0 Å². The molecule has 1 aromatic carbocycles. The summed E-state index contributed by atoms with van der Waals surface area (Å²) >= 11 is 0. The van der Waals surface area contributed by atoms with E-state index >= 15 is 0 Å². The minimum atomic E-state index is 0. The Bertz CT molecular complexity index is 378. The maximum absolute atomic E-state index is 5.39. The number of piperidine rings is 1. The smallest absolute Gasteiger partial charge is 0.231 e. The van der Waals surface area contributed by atoms with E-state index in [1.54, 1.807) is 0 Å². The van der Waals surface area contributed by atoms with Gasteiger partial charge in [0.1, 0.15) is 0 Å². The Balaban J connectivity index is 0.00000108. The Kier molecular flexibility index (Phi) is 4.13. The van der Waals surface area contributed by atoms with Crippen LogP contribution in [0.15, 0.2) is 18.2 Å². The van der Waals surface area contributed by atoms with E-state index < -0.39 is 0 Å². The summed E-state index contributed by atoms with van der Waals surface area (Å²) in [5, 5.41) is 3.45. The molecule has 0 radical (unpaired) electrons. The van der Waals surface area contributed by atoms with Crippen molar-refractivity contribution >= 4 is 12.4 Å². The molecule has 1 aromatic rings. The average Bonchev–Trinajstić information content (AvgIpc) is 2.77. The van der Waals surface area contributed by atoms with E-state index in [-0.39, 0.29) is 12.4 Å². The van der Waals surface area contributed by atoms with Crippen LogP contribution in [0.25, 0.3) is 0 Å². The number of fused-ring (bicyclic) bond motifs is 1. The standard InChI is InChI=1S/C13H17NO2.ClH/c1-2-11(8-14-5-1)6-10-3-4-12-13(7-10)16-9-15-12;/h3-4,7,11,14H,1-2,5-6,8-9H2;1H. The summed E-state index contributed by atoms with van der Waals surface area (Å²) < 4.78 is 10.7. The summed E-state index contributed by atoms with van der Waals surface area (Å²) in [5.41, 5.74) is 1.36. The Morgan fingerprint density at radius 2 is 2.12 bits per heavy atom. The first-order valence-electron chi connectivity index (χ1n) is 6.01. The highest BCUT2D eigenvalue weighted by Gasteiger charge is 2.17. The van der Waals surface area contributed by atoms with Crippen LogP contribution in [0.2, 0.25) is 0 Å². The lowest BCUT2D eigenvalue weighted by Crippen LogP contribution is -2.30. The number of nitrogens with one attached hydrogen (secondary N) is 1. The fraction of sp³-hybridized carbons (Fsp3) is 0.538. The molecule has 0 aromatic heterocycles. The van der Waals surface area contributed by atoms with Gasteiger partial charge in [0, 0.05) is 0 Å². The molecule has 4 heteroatoms. The molecule has 3 rings (SSSR count). The summed E-state index contributed by atoms with van der Waals surface area (Å²) in [5.74, 6) is 2.56. The summed E-state index contributed by atoms with van der Waals surface area (Å²) in [4.78, 5) is 0. The van der Waals surface area contributed by atoms with Crippen LogP contribution in [0, 0.1) is 5.92 Å². The van der Waals surface area contributed by atoms with Crippen molar-refractivity contribution in [3.05, 3.63) is 23.8 Å². The Hall–Kier alpha value is -0.930. The van der Waals surface area contributed by atoms with Crippen LogP contribution in [-0.4, -0.2) is 19.9 Å². The zero-order valence-electron chi connectivity index (χ0n) is 9.78. The molecular formula is C13H18ClNO2. The van der Waals surface area contributed by atoms with Gasteiger partial charge >= 0.3 is 0 Å². The van der Waals surface area contributed by atoms with Crippen LogP contribution in [0.3, 0.4) is 0 Å². The third-order valence-corrected chi connectivity index (χ3v) is 3.36. The maximum atomic E-state index is 5.39. The second kappa shape index (κ2) is 5.61. The van der Waals surface area contributed by atoms with Crippen molar-refractivity contribution in [3.63, 3.8) is 0 Å². The van der Waals surface area contributed by atoms with Crippen molar-refractivity contribution in [3.8, 4) is 11.5 Å². The molecule has 1 atom stereocenters. The maximum Gasteiger partial charge on any atom is 0.231 e. The van der Waals surface area contributed by atoms with Crippen molar-refractivity contribution in [2.75, 3.05) is 19.9 Å². The van der Waals surface area contributed by atoms with E-state index in [0.717, 1.165) is 30.4 Å². The Morgan fingerprint density at radius 3 is 2.94 bits per heavy atom. The molecule has 2 aliphatic rings. The van der Waals surface area contributed by atoms with Crippen LogP contribution in [-0.2, 0) is 6.42 Å². The SMILES string of the molecule is Cl.c1cc2c(cc1CC1CCCNC1)OCO2. The highest BCUT2D eigenvalue weighted by molar-refractivity contribution is 5.85. The summed E-state index contributed by atoms with van der Waals surface area (Å²) in [6, 6.07) is 6.30. The van der Waals surface area contributed by atoms with Gasteiger partial charge in [-0.25, -0.2) is 0 Å². The average molecular weight is 256 g/mol. The molecule has 0 spiro atoms. The number of rotatable bonds is 2. The van der Waals surface area contributed by atoms with E-state index in [1.165, 1.54) is 24.9 Å². The third kappa shape index (κ3) is 2.85. The highest BCUT2D eigenvalue weighted by atomic mass is 35.5. The fourth-order valence-corrected chi connectivity index (χ4v) is 2.50. The molecule has 2 heterocycles. The van der Waals surface area contributed by atoms with Gasteiger partial charge in [0.15, 0.2) is 11.5 Å². The van der Waals surface area contributed by atoms with Crippen molar-refractivity contribution in [2.24, 2.45) is 5.92 Å². The number of benzene rings is 1. The topological polar surface area (TPSA) is 30.5 Å². The van der Waals surface area contributed by atoms with Crippen LogP contribution in [0.4, 0.5) is 0 Å². The predicted octanol–water partition coefficient (Wildman–Crippen LogP) is 2.38. The van der Waals surface area contributed by atoms with Crippen molar-refractivity contribution in [1.29, 1.82) is 0 Å². The van der Waals surface area contributed by atoms with E-state index in [0.29, 0.717) is 6.79 Å². The lowest BCUT2D eigenvalue weighted by Gasteiger charge is -2.22. The van der Waals surface area contributed by atoms with Gasteiger partial charge in [-0.05, 0) is 56.0 Å². The molecule has 94 valence electrons. The second-order valence-electron chi connectivity index (χ2n) is 4.60. The first-order chi connectivity index (χ1) is 7.92. The van der Waals surface area contributed by atoms with Crippen molar-refractivity contribution < 1.29 is 9.47 Å². The molecule has 17 heavy (non-hydrogen) atoms. The monoisotopic (exact) mass is 255 g/mol. The van der Waals surface area contributed by atoms with Crippen LogP contribution in [0.1, 0.15) is 18.4 Å².